The van der Waals surface area contributed by atoms with Crippen LogP contribution in [0.4, 0.5) is 14.5 Å². The molecule has 0 aliphatic carbocycles. The van der Waals surface area contributed by atoms with Gasteiger partial charge in [-0.15, -0.1) is 11.6 Å². The van der Waals surface area contributed by atoms with Gasteiger partial charge in [0.05, 0.1) is 5.69 Å². The maximum Gasteiger partial charge on any atom is 0.255 e. The van der Waals surface area contributed by atoms with Crippen LogP contribution in [0.1, 0.15) is 21.5 Å². The fraction of sp³-hybridized carbons (Fsp3) is 0.133. The number of benzene rings is 2. The lowest BCUT2D eigenvalue weighted by atomic mass is 10.1. The number of hydrogen-bond acceptors (Lipinski definition) is 1. The molecule has 0 fully saturated rings. The molecule has 5 heteroatoms. The third-order valence-electron chi connectivity index (χ3n) is 2.84. The minimum Gasteiger partial charge on any atom is -0.319 e. The molecule has 0 saturated heterocycles. The Hall–Kier alpha value is -1.94. The quantitative estimate of drug-likeness (QED) is 0.842. The molecule has 0 aromatic heterocycles. The lowest BCUT2D eigenvalue weighted by molar-refractivity contribution is 0.102. The zero-order chi connectivity index (χ0) is 14.7. The Morgan fingerprint density at radius 3 is 2.65 bits per heavy atom. The van der Waals surface area contributed by atoms with E-state index in [0.717, 1.165) is 17.7 Å². The van der Waals surface area contributed by atoms with Crippen LogP contribution >= 0.6 is 11.6 Å². The highest BCUT2D eigenvalue weighted by atomic mass is 35.5. The average molecular weight is 296 g/mol. The summed E-state index contributed by atoms with van der Waals surface area (Å²) in [5, 5.41) is 2.35. The van der Waals surface area contributed by atoms with Crippen LogP contribution < -0.4 is 5.32 Å². The molecule has 2 nitrogen and oxygen atoms in total. The number of halogens is 3. The van der Waals surface area contributed by atoms with Gasteiger partial charge in [-0.1, -0.05) is 12.1 Å². The minimum absolute atomic E-state index is 0.185. The zero-order valence-electron chi connectivity index (χ0n) is 10.7. The monoisotopic (exact) mass is 295 g/mol. The first-order valence-corrected chi connectivity index (χ1v) is 6.46. The number of alkyl halides is 1. The predicted molar refractivity (Wildman–Crippen MR) is 75.0 cm³/mol. The summed E-state index contributed by atoms with van der Waals surface area (Å²) in [6, 6.07) is 8.64. The first-order valence-electron chi connectivity index (χ1n) is 5.93. The van der Waals surface area contributed by atoms with Gasteiger partial charge in [-0.3, -0.25) is 4.79 Å². The minimum atomic E-state index is -0.675. The molecule has 0 heterocycles. The first kappa shape index (κ1) is 14.5. The largest absolute Gasteiger partial charge is 0.319 e. The van der Waals surface area contributed by atoms with Crippen LogP contribution in [0.2, 0.25) is 0 Å². The van der Waals surface area contributed by atoms with Gasteiger partial charge in [0.1, 0.15) is 11.6 Å². The van der Waals surface area contributed by atoms with Crippen molar-refractivity contribution in [2.75, 3.05) is 5.32 Å². The molecule has 0 atom stereocenters. The molecule has 0 spiro atoms. The molecule has 0 bridgehead atoms. The number of carbonyl (C=O) groups excluding carboxylic acids is 1. The van der Waals surface area contributed by atoms with Crippen LogP contribution in [0, 0.1) is 18.6 Å². The van der Waals surface area contributed by atoms with Crippen molar-refractivity contribution in [3.63, 3.8) is 0 Å². The van der Waals surface area contributed by atoms with Crippen LogP contribution in [0.25, 0.3) is 0 Å². The molecule has 1 amide bonds. The highest BCUT2D eigenvalue weighted by Crippen LogP contribution is 2.20. The number of aryl methyl sites for hydroxylation is 1. The first-order chi connectivity index (χ1) is 9.51. The molecule has 0 saturated carbocycles. The summed E-state index contributed by atoms with van der Waals surface area (Å²) in [7, 11) is 0. The second kappa shape index (κ2) is 6.01. The molecule has 2 aromatic rings. The number of carbonyl (C=O) groups is 1. The van der Waals surface area contributed by atoms with Gasteiger partial charge >= 0.3 is 0 Å². The van der Waals surface area contributed by atoms with E-state index in [1.54, 1.807) is 24.3 Å². The molecule has 0 unspecified atom stereocenters. The van der Waals surface area contributed by atoms with Crippen molar-refractivity contribution in [1.82, 2.24) is 0 Å². The molecule has 2 aromatic carbocycles. The Kier molecular flexibility index (Phi) is 4.35. The molecular weight excluding hydrogens is 284 g/mol. The van der Waals surface area contributed by atoms with Crippen molar-refractivity contribution in [3.8, 4) is 0 Å². The maximum atomic E-state index is 13.6. The van der Waals surface area contributed by atoms with E-state index in [0.29, 0.717) is 5.56 Å². The lowest BCUT2D eigenvalue weighted by Crippen LogP contribution is -2.13. The summed E-state index contributed by atoms with van der Waals surface area (Å²) in [5.74, 6) is -1.49. The van der Waals surface area contributed by atoms with Crippen LogP contribution in [0.15, 0.2) is 36.4 Å². The van der Waals surface area contributed by atoms with E-state index >= 15 is 0 Å². The number of amides is 1. The summed E-state index contributed by atoms with van der Waals surface area (Å²) in [6.45, 7) is 1.45. The number of hydrogen-bond donors (Lipinski definition) is 1. The molecule has 0 aliphatic heterocycles. The van der Waals surface area contributed by atoms with Crippen molar-refractivity contribution in [3.05, 3.63) is 64.7 Å². The van der Waals surface area contributed by atoms with E-state index < -0.39 is 17.5 Å². The predicted octanol–water partition coefficient (Wildman–Crippen LogP) is 4.26. The van der Waals surface area contributed by atoms with E-state index in [1.165, 1.54) is 6.92 Å². The van der Waals surface area contributed by atoms with Gasteiger partial charge in [-0.05, 0) is 36.2 Å². The normalized spacial score (nSPS) is 10.4. The summed E-state index contributed by atoms with van der Waals surface area (Å²) >= 11 is 5.69. The average Bonchev–Trinajstić information content (AvgIpc) is 2.44. The van der Waals surface area contributed by atoms with Crippen LogP contribution in [0.5, 0.6) is 0 Å². The van der Waals surface area contributed by atoms with Crippen LogP contribution in [-0.4, -0.2) is 5.91 Å². The smallest absolute Gasteiger partial charge is 0.255 e. The van der Waals surface area contributed by atoms with E-state index in [1.807, 2.05) is 0 Å². The Balaban J connectivity index is 2.25. The van der Waals surface area contributed by atoms with E-state index in [2.05, 4.69) is 5.32 Å². The van der Waals surface area contributed by atoms with Gasteiger partial charge in [0, 0.05) is 17.5 Å². The van der Waals surface area contributed by atoms with Gasteiger partial charge < -0.3 is 5.32 Å². The Morgan fingerprint density at radius 2 is 1.95 bits per heavy atom. The molecule has 2 rings (SSSR count). The van der Waals surface area contributed by atoms with E-state index in [-0.39, 0.29) is 17.1 Å². The van der Waals surface area contributed by atoms with E-state index in [4.69, 9.17) is 11.6 Å². The second-order valence-corrected chi connectivity index (χ2v) is 4.64. The van der Waals surface area contributed by atoms with Crippen molar-refractivity contribution < 1.29 is 13.6 Å². The Morgan fingerprint density at radius 1 is 1.20 bits per heavy atom. The van der Waals surface area contributed by atoms with Gasteiger partial charge in [-0.25, -0.2) is 8.78 Å². The van der Waals surface area contributed by atoms with Crippen molar-refractivity contribution >= 4 is 23.2 Å². The summed E-state index contributed by atoms with van der Waals surface area (Å²) in [4.78, 5) is 12.0. The van der Waals surface area contributed by atoms with Crippen LogP contribution in [0.3, 0.4) is 0 Å². The van der Waals surface area contributed by atoms with Gasteiger partial charge in [0.15, 0.2) is 0 Å². The summed E-state index contributed by atoms with van der Waals surface area (Å²) in [5.41, 5.74) is 1.11. The molecule has 20 heavy (non-hydrogen) atoms. The lowest BCUT2D eigenvalue weighted by Gasteiger charge is -2.08. The Labute approximate surface area is 120 Å². The van der Waals surface area contributed by atoms with Gasteiger partial charge in [-0.2, -0.15) is 0 Å². The molecule has 0 aliphatic rings. The number of nitrogens with one attached hydrogen (secondary N) is 1. The van der Waals surface area contributed by atoms with E-state index in [9.17, 15) is 13.6 Å². The maximum absolute atomic E-state index is 13.6. The third kappa shape index (κ3) is 3.14. The highest BCUT2D eigenvalue weighted by molar-refractivity contribution is 6.17. The standard InChI is InChI=1S/C15H12ClF2NO/c1-9-5-13(18)14(7-12(9)17)19-15(20)11-4-2-3-10(6-11)8-16/h2-7H,8H2,1H3,(H,19,20). The second-order valence-electron chi connectivity index (χ2n) is 4.37. The fourth-order valence-electron chi connectivity index (χ4n) is 1.73. The molecular formula is C15H12ClF2NO. The topological polar surface area (TPSA) is 29.1 Å². The molecule has 1 N–H and O–H groups in total. The summed E-state index contributed by atoms with van der Waals surface area (Å²) < 4.78 is 27.0. The third-order valence-corrected chi connectivity index (χ3v) is 3.15. The fourth-order valence-corrected chi connectivity index (χ4v) is 1.90. The van der Waals surface area contributed by atoms with Crippen LogP contribution in [-0.2, 0) is 5.88 Å². The SMILES string of the molecule is Cc1cc(F)c(NC(=O)c2cccc(CCl)c2)cc1F. The number of anilines is 1. The molecule has 0 radical (unpaired) electrons. The molecule has 104 valence electrons. The number of rotatable bonds is 3. The Bertz CT molecular complexity index is 658. The summed E-state index contributed by atoms with van der Waals surface area (Å²) in [6.07, 6.45) is 0. The van der Waals surface area contributed by atoms with Crippen molar-refractivity contribution in [2.24, 2.45) is 0 Å². The zero-order valence-corrected chi connectivity index (χ0v) is 11.5. The highest BCUT2D eigenvalue weighted by Gasteiger charge is 2.12. The van der Waals surface area contributed by atoms with Crippen molar-refractivity contribution in [2.45, 2.75) is 12.8 Å². The van der Waals surface area contributed by atoms with Crippen molar-refractivity contribution in [1.29, 1.82) is 0 Å². The van der Waals surface area contributed by atoms with Gasteiger partial charge in [0.25, 0.3) is 5.91 Å². The van der Waals surface area contributed by atoms with Gasteiger partial charge in [0.2, 0.25) is 0 Å².